The maximum atomic E-state index is 13.1. The lowest BCUT2D eigenvalue weighted by Crippen LogP contribution is -2.24. The van der Waals surface area contributed by atoms with Gasteiger partial charge in [-0.1, -0.05) is 18.2 Å². The number of fused-ring (bicyclic) bond motifs is 2. The van der Waals surface area contributed by atoms with Crippen LogP contribution in [0.25, 0.3) is 10.9 Å². The molecule has 0 aliphatic heterocycles. The zero-order valence-electron chi connectivity index (χ0n) is 15.5. The van der Waals surface area contributed by atoms with Crippen molar-refractivity contribution in [2.24, 2.45) is 0 Å². The number of methoxy groups -OCH3 is 2. The number of para-hydroxylation sites is 1. The number of hydrogen-bond donors (Lipinski definition) is 1. The predicted octanol–water partition coefficient (Wildman–Crippen LogP) is 3.67. The van der Waals surface area contributed by atoms with Gasteiger partial charge in [-0.15, -0.1) is 0 Å². The molecule has 0 bridgehead atoms. The fraction of sp³-hybridized carbons (Fsp3) is 0.273. The second-order valence-electron chi connectivity index (χ2n) is 6.69. The van der Waals surface area contributed by atoms with Gasteiger partial charge in [-0.05, 0) is 48.6 Å². The molecular weight excluding hydrogens is 340 g/mol. The summed E-state index contributed by atoms with van der Waals surface area (Å²) in [5.41, 5.74) is 4.72. The summed E-state index contributed by atoms with van der Waals surface area (Å²) in [7, 11) is 3.23. The van der Waals surface area contributed by atoms with E-state index in [0.717, 1.165) is 52.5 Å². The van der Waals surface area contributed by atoms with Crippen LogP contribution >= 0.6 is 0 Å². The molecule has 0 saturated carbocycles. The minimum absolute atomic E-state index is 0.0615. The summed E-state index contributed by atoms with van der Waals surface area (Å²) >= 11 is 0. The molecule has 5 heteroatoms. The van der Waals surface area contributed by atoms with E-state index < -0.39 is 0 Å². The first-order valence-corrected chi connectivity index (χ1v) is 9.10. The Balaban J connectivity index is 1.65. The maximum Gasteiger partial charge on any atom is 0.252 e. The van der Waals surface area contributed by atoms with E-state index in [1.54, 1.807) is 14.2 Å². The van der Waals surface area contributed by atoms with E-state index in [1.807, 2.05) is 42.5 Å². The van der Waals surface area contributed by atoms with E-state index in [1.165, 1.54) is 0 Å². The van der Waals surface area contributed by atoms with E-state index in [0.29, 0.717) is 18.0 Å². The SMILES string of the molecule is COc1cc(CNC(=O)c2c3c(nc4ccccc24)CCC3)cc(OC)c1. The number of ether oxygens (including phenoxy) is 2. The number of nitrogens with one attached hydrogen (secondary N) is 1. The van der Waals surface area contributed by atoms with Crippen molar-refractivity contribution in [3.8, 4) is 11.5 Å². The zero-order valence-corrected chi connectivity index (χ0v) is 15.5. The van der Waals surface area contributed by atoms with Crippen LogP contribution in [0, 0.1) is 0 Å². The van der Waals surface area contributed by atoms with Crippen LogP contribution in [0.4, 0.5) is 0 Å². The van der Waals surface area contributed by atoms with Crippen LogP contribution in [0.2, 0.25) is 0 Å². The zero-order chi connectivity index (χ0) is 18.8. The largest absolute Gasteiger partial charge is 0.497 e. The minimum atomic E-state index is -0.0615. The molecule has 27 heavy (non-hydrogen) atoms. The standard InChI is InChI=1S/C22H22N2O3/c1-26-15-10-14(11-16(12-15)27-2)13-23-22(25)21-17-6-3-4-8-19(17)24-20-9-5-7-18(20)21/h3-4,6,8,10-12H,5,7,9,13H2,1-2H3,(H,23,25). The van der Waals surface area contributed by atoms with Crippen molar-refractivity contribution in [3.05, 3.63) is 64.8 Å². The number of aromatic nitrogens is 1. The highest BCUT2D eigenvalue weighted by atomic mass is 16.5. The van der Waals surface area contributed by atoms with Crippen molar-refractivity contribution in [1.82, 2.24) is 10.3 Å². The van der Waals surface area contributed by atoms with Crippen molar-refractivity contribution >= 4 is 16.8 Å². The Kier molecular flexibility index (Phi) is 4.67. The number of hydrogen-bond acceptors (Lipinski definition) is 4. The Bertz CT molecular complexity index is 992. The number of carbonyl (C=O) groups excluding carboxylic acids is 1. The molecule has 1 heterocycles. The van der Waals surface area contributed by atoms with Crippen LogP contribution < -0.4 is 14.8 Å². The van der Waals surface area contributed by atoms with Crippen LogP contribution in [-0.2, 0) is 19.4 Å². The summed E-state index contributed by atoms with van der Waals surface area (Å²) in [5.74, 6) is 1.34. The van der Waals surface area contributed by atoms with Crippen LogP contribution in [0.15, 0.2) is 42.5 Å². The van der Waals surface area contributed by atoms with Gasteiger partial charge in [-0.25, -0.2) is 0 Å². The molecule has 0 fully saturated rings. The number of aryl methyl sites for hydroxylation is 1. The van der Waals surface area contributed by atoms with Crippen molar-refractivity contribution in [3.63, 3.8) is 0 Å². The van der Waals surface area contributed by atoms with E-state index in [-0.39, 0.29) is 5.91 Å². The molecule has 0 spiro atoms. The molecule has 4 rings (SSSR count). The van der Waals surface area contributed by atoms with Gasteiger partial charge in [0.1, 0.15) is 11.5 Å². The monoisotopic (exact) mass is 362 g/mol. The van der Waals surface area contributed by atoms with Crippen LogP contribution in [0.5, 0.6) is 11.5 Å². The summed E-state index contributed by atoms with van der Waals surface area (Å²) < 4.78 is 10.6. The van der Waals surface area contributed by atoms with E-state index in [2.05, 4.69) is 5.32 Å². The first-order valence-electron chi connectivity index (χ1n) is 9.10. The lowest BCUT2D eigenvalue weighted by molar-refractivity contribution is 0.0951. The van der Waals surface area contributed by atoms with Crippen molar-refractivity contribution in [2.45, 2.75) is 25.8 Å². The molecule has 1 aromatic heterocycles. The summed E-state index contributed by atoms with van der Waals surface area (Å²) in [5, 5.41) is 3.98. The normalized spacial score (nSPS) is 12.7. The smallest absolute Gasteiger partial charge is 0.252 e. The van der Waals surface area contributed by atoms with E-state index >= 15 is 0 Å². The van der Waals surface area contributed by atoms with Crippen molar-refractivity contribution < 1.29 is 14.3 Å². The Hall–Kier alpha value is -3.08. The predicted molar refractivity (Wildman–Crippen MR) is 104 cm³/mol. The van der Waals surface area contributed by atoms with E-state index in [4.69, 9.17) is 14.5 Å². The fourth-order valence-electron chi connectivity index (χ4n) is 3.71. The molecule has 0 saturated heterocycles. The first-order chi connectivity index (χ1) is 13.2. The van der Waals surface area contributed by atoms with Crippen molar-refractivity contribution in [2.75, 3.05) is 14.2 Å². The Morgan fingerprint density at radius 1 is 1.07 bits per heavy atom. The van der Waals surface area contributed by atoms with Gasteiger partial charge in [0.05, 0.1) is 25.3 Å². The summed E-state index contributed by atoms with van der Waals surface area (Å²) in [6, 6.07) is 13.5. The Morgan fingerprint density at radius 2 is 1.81 bits per heavy atom. The molecule has 5 nitrogen and oxygen atoms in total. The lowest BCUT2D eigenvalue weighted by atomic mass is 10.0. The lowest BCUT2D eigenvalue weighted by Gasteiger charge is -2.13. The van der Waals surface area contributed by atoms with Gasteiger partial charge in [-0.3, -0.25) is 9.78 Å². The van der Waals surface area contributed by atoms with Gasteiger partial charge in [-0.2, -0.15) is 0 Å². The van der Waals surface area contributed by atoms with Gasteiger partial charge in [0.25, 0.3) is 5.91 Å². The molecule has 0 atom stereocenters. The Morgan fingerprint density at radius 3 is 2.56 bits per heavy atom. The molecule has 138 valence electrons. The maximum absolute atomic E-state index is 13.1. The number of carbonyl (C=O) groups is 1. The highest BCUT2D eigenvalue weighted by Crippen LogP contribution is 2.30. The first kappa shape index (κ1) is 17.3. The summed E-state index contributed by atoms with van der Waals surface area (Å²) in [6.45, 7) is 0.401. The summed E-state index contributed by atoms with van der Waals surface area (Å²) in [4.78, 5) is 17.8. The third kappa shape index (κ3) is 3.33. The molecule has 0 radical (unpaired) electrons. The van der Waals surface area contributed by atoms with Crippen LogP contribution in [0.1, 0.15) is 33.6 Å². The molecule has 3 aromatic rings. The average molecular weight is 362 g/mol. The number of pyridine rings is 1. The van der Waals surface area contributed by atoms with Gasteiger partial charge in [0, 0.05) is 23.7 Å². The van der Waals surface area contributed by atoms with Crippen LogP contribution in [0.3, 0.4) is 0 Å². The second kappa shape index (κ2) is 7.27. The van der Waals surface area contributed by atoms with Crippen LogP contribution in [-0.4, -0.2) is 25.1 Å². The fourth-order valence-corrected chi connectivity index (χ4v) is 3.71. The molecule has 2 aromatic carbocycles. The van der Waals surface area contributed by atoms with Crippen molar-refractivity contribution in [1.29, 1.82) is 0 Å². The highest BCUT2D eigenvalue weighted by Gasteiger charge is 2.23. The Labute approximate surface area is 158 Å². The van der Waals surface area contributed by atoms with Gasteiger partial charge < -0.3 is 14.8 Å². The average Bonchev–Trinajstić information content (AvgIpc) is 3.17. The highest BCUT2D eigenvalue weighted by molar-refractivity contribution is 6.07. The molecule has 1 N–H and O–H groups in total. The number of amides is 1. The number of benzene rings is 2. The third-order valence-electron chi connectivity index (χ3n) is 5.01. The molecule has 1 amide bonds. The van der Waals surface area contributed by atoms with Gasteiger partial charge >= 0.3 is 0 Å². The molecular formula is C22H22N2O3. The minimum Gasteiger partial charge on any atom is -0.497 e. The third-order valence-corrected chi connectivity index (χ3v) is 5.01. The number of rotatable bonds is 5. The molecule has 0 unspecified atom stereocenters. The number of nitrogens with zero attached hydrogens (tertiary/aromatic N) is 1. The van der Waals surface area contributed by atoms with Gasteiger partial charge in [0.2, 0.25) is 0 Å². The topological polar surface area (TPSA) is 60.5 Å². The summed E-state index contributed by atoms with van der Waals surface area (Å²) in [6.07, 6.45) is 2.89. The molecule has 1 aliphatic carbocycles. The molecule has 1 aliphatic rings. The van der Waals surface area contributed by atoms with Gasteiger partial charge in [0.15, 0.2) is 0 Å². The quantitative estimate of drug-likeness (QED) is 0.752. The van der Waals surface area contributed by atoms with E-state index in [9.17, 15) is 4.79 Å². The second-order valence-corrected chi connectivity index (χ2v) is 6.69.